The molecule has 2 saturated heterocycles. The Morgan fingerprint density at radius 1 is 1.18 bits per heavy atom. The van der Waals surface area contributed by atoms with Gasteiger partial charge in [-0.3, -0.25) is 19.5 Å². The van der Waals surface area contributed by atoms with Crippen LogP contribution in [0.15, 0.2) is 17.1 Å². The molecule has 5 atom stereocenters. The molecule has 0 radical (unpaired) electrons. The Balaban J connectivity index is 1.86. The highest BCUT2D eigenvalue weighted by atomic mass is 31.2. The van der Waals surface area contributed by atoms with E-state index in [2.05, 4.69) is 37.4 Å². The van der Waals surface area contributed by atoms with Crippen molar-refractivity contribution in [3.8, 4) is 0 Å². The number of carbonyl (C=O) groups is 2. The van der Waals surface area contributed by atoms with Gasteiger partial charge in [0.05, 0.1) is 29.3 Å². The molecule has 2 amide bonds. The normalized spacial score (nSPS) is 35.3. The Bertz CT molecular complexity index is 666. The van der Waals surface area contributed by atoms with Crippen LogP contribution in [-0.2, 0) is 18.8 Å². The molecule has 0 aliphatic carbocycles. The summed E-state index contributed by atoms with van der Waals surface area (Å²) in [5, 5.41) is 0. The number of likely N-dealkylation sites (tertiary alicyclic amines) is 1. The first kappa shape index (κ1) is 21.4. The molecule has 0 saturated carbocycles. The van der Waals surface area contributed by atoms with Gasteiger partial charge in [-0.1, -0.05) is 12.2 Å². The number of hydrogen-bond donors (Lipinski definition) is 0. The maximum absolute atomic E-state index is 13.3. The molecule has 2 bridgehead atoms. The van der Waals surface area contributed by atoms with Crippen LogP contribution in [0.5, 0.6) is 0 Å². The number of imide groups is 1. The third-order valence-corrected chi connectivity index (χ3v) is 8.12. The Morgan fingerprint density at radius 3 is 2.11 bits per heavy atom. The van der Waals surface area contributed by atoms with Gasteiger partial charge in [-0.25, -0.2) is 4.67 Å². The summed E-state index contributed by atoms with van der Waals surface area (Å²) >= 11 is 0. The van der Waals surface area contributed by atoms with Crippen LogP contribution in [0.3, 0.4) is 0 Å². The van der Waals surface area contributed by atoms with Crippen molar-refractivity contribution < 1.29 is 18.8 Å². The van der Waals surface area contributed by atoms with Crippen LogP contribution in [-0.4, -0.2) is 63.9 Å². The minimum absolute atomic E-state index is 0.151. The lowest BCUT2D eigenvalue weighted by Crippen LogP contribution is -2.42. The summed E-state index contributed by atoms with van der Waals surface area (Å²) in [7, 11) is -1.23. The molecule has 0 aromatic heterocycles. The first-order chi connectivity index (χ1) is 13.1. The predicted molar refractivity (Wildman–Crippen MR) is 110 cm³/mol. The average molecular weight is 409 g/mol. The number of hydrogen-bond acceptors (Lipinski definition) is 6. The largest absolute Gasteiger partial charge is 0.446 e. The average Bonchev–Trinajstić information content (AvgIpc) is 3.13. The summed E-state index contributed by atoms with van der Waals surface area (Å²) in [5.74, 6) is -1.21. The summed E-state index contributed by atoms with van der Waals surface area (Å²) in [4.78, 5) is 32.1. The number of rotatable bonds is 8. The van der Waals surface area contributed by atoms with E-state index in [1.54, 1.807) is 0 Å². The maximum Gasteiger partial charge on any atom is 0.236 e. The fourth-order valence-corrected chi connectivity index (χ4v) is 6.83. The lowest BCUT2D eigenvalue weighted by atomic mass is 9.73. The van der Waals surface area contributed by atoms with E-state index in [9.17, 15) is 9.59 Å². The Labute approximate surface area is 169 Å². The van der Waals surface area contributed by atoms with Gasteiger partial charge in [0.15, 0.2) is 14.7 Å². The van der Waals surface area contributed by atoms with Crippen LogP contribution in [0.25, 0.3) is 0 Å². The Kier molecular flexibility index (Phi) is 5.74. The van der Waals surface area contributed by atoms with Crippen LogP contribution in [0, 0.1) is 11.8 Å². The van der Waals surface area contributed by atoms with Gasteiger partial charge in [-0.05, 0) is 48.5 Å². The van der Waals surface area contributed by atoms with Crippen molar-refractivity contribution in [3.05, 3.63) is 12.2 Å². The van der Waals surface area contributed by atoms with E-state index in [0.717, 1.165) is 0 Å². The summed E-state index contributed by atoms with van der Waals surface area (Å²) in [6.45, 7) is 14.7. The molecular weight excluding hydrogens is 377 g/mol. The molecule has 3 aliphatic heterocycles. The fraction of sp³-hybridized carbons (Fsp3) is 0.750. The second-order valence-corrected chi connectivity index (χ2v) is 10.3. The number of nitrogens with zero attached hydrogens (tertiary/aromatic N) is 3. The monoisotopic (exact) mass is 409 g/mol. The van der Waals surface area contributed by atoms with Crippen molar-refractivity contribution in [3.63, 3.8) is 0 Å². The molecule has 156 valence electrons. The molecule has 0 spiro atoms. The summed E-state index contributed by atoms with van der Waals surface area (Å²) in [6.07, 6.45) is 5.58. The molecule has 3 heterocycles. The molecule has 7 nitrogen and oxygen atoms in total. The summed E-state index contributed by atoms with van der Waals surface area (Å²) in [6, 6.07) is 0.425. The second-order valence-electron chi connectivity index (χ2n) is 8.63. The Hall–Kier alpha value is -1.30. The van der Waals surface area contributed by atoms with Crippen molar-refractivity contribution in [2.45, 2.75) is 71.8 Å². The van der Waals surface area contributed by atoms with Gasteiger partial charge in [0.1, 0.15) is 0 Å². The van der Waals surface area contributed by atoms with E-state index >= 15 is 0 Å². The van der Waals surface area contributed by atoms with Crippen LogP contribution < -0.4 is 0 Å². The lowest BCUT2D eigenvalue weighted by Gasteiger charge is -2.37. The molecule has 2 fully saturated rings. The first-order valence-electron chi connectivity index (χ1n) is 10.0. The van der Waals surface area contributed by atoms with E-state index in [1.807, 2.05) is 32.9 Å². The molecule has 3 aliphatic rings. The number of amides is 2. The van der Waals surface area contributed by atoms with E-state index < -0.39 is 31.3 Å². The van der Waals surface area contributed by atoms with Crippen molar-refractivity contribution in [1.29, 1.82) is 0 Å². The number of aliphatic imine (C=N–C) groups is 1. The van der Waals surface area contributed by atoms with Gasteiger partial charge in [0.25, 0.3) is 0 Å². The zero-order valence-electron chi connectivity index (χ0n) is 17.9. The number of ether oxygens (including phenoxy) is 1. The van der Waals surface area contributed by atoms with Crippen LogP contribution >= 0.6 is 8.30 Å². The molecule has 3 unspecified atom stereocenters. The minimum Gasteiger partial charge on any atom is -0.446 e. The molecule has 8 heteroatoms. The zero-order chi connectivity index (χ0) is 20.9. The lowest BCUT2D eigenvalue weighted by molar-refractivity contribution is -0.145. The van der Waals surface area contributed by atoms with E-state index in [4.69, 9.17) is 9.26 Å². The SMILES string of the molecule is CCN=COP(CN1C(=O)[C@@H]2[C@H](C1=O)C1(C)C=CC2(C)O1)N(C(C)C)C(C)C. The quantitative estimate of drug-likeness (QED) is 0.202. The summed E-state index contributed by atoms with van der Waals surface area (Å²) in [5.41, 5.74) is -1.41. The number of carbonyl (C=O) groups excluding carboxylic acids is 2. The first-order valence-corrected chi connectivity index (χ1v) is 11.4. The zero-order valence-corrected chi connectivity index (χ0v) is 18.8. The summed E-state index contributed by atoms with van der Waals surface area (Å²) < 4.78 is 14.3. The molecule has 0 N–H and O–H groups in total. The number of fused-ring (bicyclic) bond motifs is 5. The van der Waals surface area contributed by atoms with Crippen LogP contribution in [0.2, 0.25) is 0 Å². The standard InChI is InChI=1S/C20H32N3O4P/c1-8-21-11-26-28(23(13(2)3)14(4)5)12-22-17(24)15-16(18(22)25)20(7)10-9-19(15,6)27-20/h9-11,13-16H,8,12H2,1-7H3/t15-,16+,19?,20?,28?. The molecular formula is C20H32N3O4P. The van der Waals surface area contributed by atoms with Crippen molar-refractivity contribution in [2.24, 2.45) is 16.8 Å². The predicted octanol–water partition coefficient (Wildman–Crippen LogP) is 3.16. The molecule has 0 aromatic rings. The van der Waals surface area contributed by atoms with Crippen molar-refractivity contribution in [1.82, 2.24) is 9.57 Å². The van der Waals surface area contributed by atoms with Crippen LogP contribution in [0.1, 0.15) is 48.5 Å². The van der Waals surface area contributed by atoms with Crippen molar-refractivity contribution in [2.75, 3.05) is 12.8 Å². The van der Waals surface area contributed by atoms with Gasteiger partial charge in [-0.2, -0.15) is 0 Å². The highest BCUT2D eigenvalue weighted by Crippen LogP contribution is 2.58. The van der Waals surface area contributed by atoms with Gasteiger partial charge < -0.3 is 9.26 Å². The van der Waals surface area contributed by atoms with Gasteiger partial charge in [0, 0.05) is 18.6 Å². The minimum atomic E-state index is -1.23. The third-order valence-electron chi connectivity index (χ3n) is 5.82. The third kappa shape index (κ3) is 3.31. The van der Waals surface area contributed by atoms with Gasteiger partial charge in [0.2, 0.25) is 11.8 Å². The van der Waals surface area contributed by atoms with Gasteiger partial charge >= 0.3 is 0 Å². The topological polar surface area (TPSA) is 71.4 Å². The van der Waals surface area contributed by atoms with Gasteiger partial charge in [-0.15, -0.1) is 0 Å². The highest BCUT2D eigenvalue weighted by Gasteiger charge is 2.70. The fourth-order valence-electron chi connectivity index (χ4n) is 4.78. The second kappa shape index (κ2) is 7.51. The van der Waals surface area contributed by atoms with Crippen molar-refractivity contribution >= 4 is 26.5 Å². The molecule has 3 rings (SSSR count). The van der Waals surface area contributed by atoms with E-state index in [0.29, 0.717) is 6.54 Å². The van der Waals surface area contributed by atoms with E-state index in [-0.39, 0.29) is 30.2 Å². The maximum atomic E-state index is 13.3. The molecule has 28 heavy (non-hydrogen) atoms. The van der Waals surface area contributed by atoms with Crippen LogP contribution in [0.4, 0.5) is 0 Å². The Morgan fingerprint density at radius 2 is 1.68 bits per heavy atom. The molecule has 0 aromatic carbocycles. The highest BCUT2D eigenvalue weighted by molar-refractivity contribution is 7.50. The smallest absolute Gasteiger partial charge is 0.236 e. The van der Waals surface area contributed by atoms with E-state index in [1.165, 1.54) is 11.3 Å².